The van der Waals surface area contributed by atoms with Crippen molar-refractivity contribution in [3.05, 3.63) is 142 Å². The van der Waals surface area contributed by atoms with Crippen molar-refractivity contribution in [2.75, 3.05) is 0 Å². The molecule has 0 fully saturated rings. The summed E-state index contributed by atoms with van der Waals surface area (Å²) in [6, 6.07) is 32.9. The average Bonchev–Trinajstić information content (AvgIpc) is 3.63. The molecule has 3 heterocycles. The van der Waals surface area contributed by atoms with Crippen LogP contribution in [0.3, 0.4) is 0 Å². The standard InChI is InChI=1S/C28H27N3O2/c32-17-21-11-13-23(29-21)27(19-7-3-1-4-8-19)25-15-16-26(31-25)28(20-9-5-2-6-10-20)24-14-12-22(18-33)30-24/h1-16,27-33H,17-18H2. The van der Waals surface area contributed by atoms with Crippen LogP contribution < -0.4 is 0 Å². The summed E-state index contributed by atoms with van der Waals surface area (Å²) in [6.45, 7) is -0.0405. The van der Waals surface area contributed by atoms with E-state index < -0.39 is 0 Å². The van der Waals surface area contributed by atoms with Crippen LogP contribution in [0.4, 0.5) is 0 Å². The third-order valence-electron chi connectivity index (χ3n) is 6.12. The zero-order chi connectivity index (χ0) is 22.6. The fraction of sp³-hybridized carbons (Fsp3) is 0.143. The van der Waals surface area contributed by atoms with E-state index in [9.17, 15) is 10.2 Å². The summed E-state index contributed by atoms with van der Waals surface area (Å²) in [4.78, 5) is 10.4. The smallest absolute Gasteiger partial charge is 0.0830 e. The monoisotopic (exact) mass is 437 g/mol. The molecule has 5 heteroatoms. The van der Waals surface area contributed by atoms with Crippen LogP contribution in [0.2, 0.25) is 0 Å². The first-order valence-corrected chi connectivity index (χ1v) is 11.1. The van der Waals surface area contributed by atoms with Gasteiger partial charge in [0.1, 0.15) is 0 Å². The summed E-state index contributed by atoms with van der Waals surface area (Å²) in [5.41, 5.74) is 8.10. The van der Waals surface area contributed by atoms with Crippen LogP contribution in [-0.4, -0.2) is 25.2 Å². The first-order chi connectivity index (χ1) is 16.3. The lowest BCUT2D eigenvalue weighted by molar-refractivity contribution is 0.277. The molecule has 5 N–H and O–H groups in total. The fourth-order valence-corrected chi connectivity index (χ4v) is 4.55. The Bertz CT molecular complexity index is 1200. The van der Waals surface area contributed by atoms with E-state index in [1.807, 2.05) is 60.7 Å². The number of rotatable bonds is 8. The normalized spacial score (nSPS) is 13.2. The van der Waals surface area contributed by atoms with E-state index in [0.717, 1.165) is 45.3 Å². The Labute approximate surface area is 192 Å². The highest BCUT2D eigenvalue weighted by atomic mass is 16.3. The molecule has 0 saturated heterocycles. The van der Waals surface area contributed by atoms with Crippen LogP contribution >= 0.6 is 0 Å². The van der Waals surface area contributed by atoms with Gasteiger partial charge < -0.3 is 25.2 Å². The van der Waals surface area contributed by atoms with E-state index >= 15 is 0 Å². The Morgan fingerprint density at radius 3 is 1.18 bits per heavy atom. The maximum absolute atomic E-state index is 9.56. The van der Waals surface area contributed by atoms with Gasteiger partial charge in [-0.15, -0.1) is 0 Å². The van der Waals surface area contributed by atoms with E-state index in [-0.39, 0.29) is 25.0 Å². The number of H-pyrrole nitrogens is 3. The van der Waals surface area contributed by atoms with Crippen LogP contribution in [0.25, 0.3) is 0 Å². The van der Waals surface area contributed by atoms with Crippen molar-refractivity contribution in [1.29, 1.82) is 0 Å². The van der Waals surface area contributed by atoms with Crippen molar-refractivity contribution in [1.82, 2.24) is 15.0 Å². The van der Waals surface area contributed by atoms with Gasteiger partial charge in [0, 0.05) is 34.2 Å². The summed E-state index contributed by atoms with van der Waals surface area (Å²) < 4.78 is 0. The zero-order valence-electron chi connectivity index (χ0n) is 18.2. The van der Waals surface area contributed by atoms with Gasteiger partial charge in [0.2, 0.25) is 0 Å². The minimum Gasteiger partial charge on any atom is -0.390 e. The van der Waals surface area contributed by atoms with Crippen molar-refractivity contribution >= 4 is 0 Å². The number of aromatic amines is 3. The van der Waals surface area contributed by atoms with Crippen LogP contribution in [0.1, 0.15) is 57.1 Å². The fourth-order valence-electron chi connectivity index (χ4n) is 4.55. The molecule has 2 atom stereocenters. The number of nitrogens with one attached hydrogen (secondary N) is 3. The zero-order valence-corrected chi connectivity index (χ0v) is 18.2. The molecule has 5 rings (SSSR count). The molecule has 0 amide bonds. The van der Waals surface area contributed by atoms with Gasteiger partial charge in [0.25, 0.3) is 0 Å². The van der Waals surface area contributed by atoms with E-state index in [0.29, 0.717) is 0 Å². The SMILES string of the molecule is OCc1ccc(C(c2ccccc2)c2ccc(C(c3ccccc3)c3ccc(CO)[nH]3)[nH]2)[nH]1. The van der Waals surface area contributed by atoms with Gasteiger partial charge in [0.15, 0.2) is 0 Å². The topological polar surface area (TPSA) is 87.8 Å². The molecule has 0 aliphatic rings. The van der Waals surface area contributed by atoms with Gasteiger partial charge in [-0.2, -0.15) is 0 Å². The summed E-state index contributed by atoms with van der Waals surface area (Å²) >= 11 is 0. The second-order valence-corrected chi connectivity index (χ2v) is 8.25. The predicted molar refractivity (Wildman–Crippen MR) is 129 cm³/mol. The third kappa shape index (κ3) is 4.29. The van der Waals surface area contributed by atoms with Crippen molar-refractivity contribution < 1.29 is 10.2 Å². The highest BCUT2D eigenvalue weighted by Crippen LogP contribution is 2.35. The number of hydrogen-bond donors (Lipinski definition) is 5. The Balaban J connectivity index is 1.59. The molecule has 0 aliphatic carbocycles. The van der Waals surface area contributed by atoms with E-state index in [1.54, 1.807) is 0 Å². The van der Waals surface area contributed by atoms with E-state index in [1.165, 1.54) is 0 Å². The molecule has 0 saturated carbocycles. The highest BCUT2D eigenvalue weighted by Gasteiger charge is 2.24. The summed E-state index contributed by atoms with van der Waals surface area (Å²) in [5, 5.41) is 19.1. The largest absolute Gasteiger partial charge is 0.390 e. The maximum Gasteiger partial charge on any atom is 0.0830 e. The van der Waals surface area contributed by atoms with Crippen molar-refractivity contribution in [2.24, 2.45) is 0 Å². The molecular weight excluding hydrogens is 410 g/mol. The van der Waals surface area contributed by atoms with Crippen molar-refractivity contribution in [3.8, 4) is 0 Å². The average molecular weight is 438 g/mol. The maximum atomic E-state index is 9.56. The highest BCUT2D eigenvalue weighted by molar-refractivity contribution is 5.43. The Kier molecular flexibility index (Phi) is 5.98. The molecule has 166 valence electrons. The van der Waals surface area contributed by atoms with Crippen LogP contribution in [0.5, 0.6) is 0 Å². The number of aliphatic hydroxyl groups is 2. The molecule has 5 nitrogen and oxygen atoms in total. The lowest BCUT2D eigenvalue weighted by Gasteiger charge is -2.18. The molecular formula is C28H27N3O2. The Morgan fingerprint density at radius 1 is 0.455 bits per heavy atom. The molecule has 0 bridgehead atoms. The summed E-state index contributed by atoms with van der Waals surface area (Å²) in [5.74, 6) is -0.0402. The van der Waals surface area contributed by atoms with E-state index in [4.69, 9.17) is 0 Å². The van der Waals surface area contributed by atoms with Gasteiger partial charge in [-0.1, -0.05) is 60.7 Å². The van der Waals surface area contributed by atoms with Crippen molar-refractivity contribution in [2.45, 2.75) is 25.0 Å². The number of benzene rings is 2. The second-order valence-electron chi connectivity index (χ2n) is 8.25. The van der Waals surface area contributed by atoms with Crippen LogP contribution in [0, 0.1) is 0 Å². The lowest BCUT2D eigenvalue weighted by atomic mass is 9.92. The van der Waals surface area contributed by atoms with Gasteiger partial charge in [0.05, 0.1) is 25.0 Å². The number of aliphatic hydroxyl groups excluding tert-OH is 2. The Hall–Kier alpha value is -3.80. The summed E-state index contributed by atoms with van der Waals surface area (Å²) in [7, 11) is 0. The molecule has 33 heavy (non-hydrogen) atoms. The quantitative estimate of drug-likeness (QED) is 0.236. The van der Waals surface area contributed by atoms with Crippen LogP contribution in [-0.2, 0) is 13.2 Å². The molecule has 2 aromatic carbocycles. The number of hydrogen-bond acceptors (Lipinski definition) is 2. The summed E-state index contributed by atoms with van der Waals surface area (Å²) in [6.07, 6.45) is 0. The third-order valence-corrected chi connectivity index (χ3v) is 6.12. The van der Waals surface area contributed by atoms with Gasteiger partial charge in [-0.3, -0.25) is 0 Å². The first kappa shape index (κ1) is 21.1. The molecule has 5 aromatic rings. The number of aromatic nitrogens is 3. The lowest BCUT2D eigenvalue weighted by Crippen LogP contribution is -2.08. The van der Waals surface area contributed by atoms with Gasteiger partial charge in [-0.05, 0) is 47.5 Å². The van der Waals surface area contributed by atoms with E-state index in [2.05, 4.69) is 51.4 Å². The van der Waals surface area contributed by atoms with Gasteiger partial charge >= 0.3 is 0 Å². The molecule has 0 aliphatic heterocycles. The van der Waals surface area contributed by atoms with Crippen molar-refractivity contribution in [3.63, 3.8) is 0 Å². The molecule has 0 spiro atoms. The first-order valence-electron chi connectivity index (χ1n) is 11.1. The molecule has 2 unspecified atom stereocenters. The minimum atomic E-state index is -0.0203. The molecule has 3 aromatic heterocycles. The van der Waals surface area contributed by atoms with Crippen LogP contribution in [0.15, 0.2) is 97.1 Å². The minimum absolute atomic E-state index is 0.0201. The van der Waals surface area contributed by atoms with Gasteiger partial charge in [-0.25, -0.2) is 0 Å². The predicted octanol–water partition coefficient (Wildman–Crippen LogP) is 5.02. The Morgan fingerprint density at radius 2 is 0.818 bits per heavy atom. The molecule has 0 radical (unpaired) electrons. The second kappa shape index (κ2) is 9.36.